The van der Waals surface area contributed by atoms with E-state index in [2.05, 4.69) is 55.6 Å². The van der Waals surface area contributed by atoms with Crippen LogP contribution < -0.4 is 5.32 Å². The largest absolute Gasteiger partial charge is 0.385 e. The molecule has 1 aromatic rings. The Hall–Kier alpha value is -1.24. The third-order valence-corrected chi connectivity index (χ3v) is 1.84. The number of anilines is 1. The van der Waals surface area contributed by atoms with E-state index in [0.29, 0.717) is 0 Å². The number of rotatable bonds is 4. The lowest BCUT2D eigenvalue weighted by Crippen LogP contribution is -1.95. The third kappa shape index (κ3) is 3.32. The molecule has 1 aromatic carbocycles. The van der Waals surface area contributed by atoms with Crippen molar-refractivity contribution in [3.8, 4) is 0 Å². The number of benzene rings is 1. The molecule has 13 heavy (non-hydrogen) atoms. The van der Waals surface area contributed by atoms with E-state index in [0.717, 1.165) is 13.0 Å². The van der Waals surface area contributed by atoms with Gasteiger partial charge in [-0.15, -0.1) is 0 Å². The summed E-state index contributed by atoms with van der Waals surface area (Å²) in [7, 11) is 0. The molecule has 0 spiro atoms. The van der Waals surface area contributed by atoms with Crippen LogP contribution in [-0.2, 0) is 0 Å². The van der Waals surface area contributed by atoms with Crippen LogP contribution in [0, 0.1) is 0 Å². The van der Waals surface area contributed by atoms with Crippen molar-refractivity contribution in [3.05, 3.63) is 35.9 Å². The molecule has 0 fully saturated rings. The topological polar surface area (TPSA) is 12.0 Å². The highest BCUT2D eigenvalue weighted by atomic mass is 14.8. The van der Waals surface area contributed by atoms with E-state index in [4.69, 9.17) is 0 Å². The highest BCUT2D eigenvalue weighted by Gasteiger charge is 1.88. The van der Waals surface area contributed by atoms with Crippen molar-refractivity contribution < 1.29 is 0 Å². The van der Waals surface area contributed by atoms with Crippen LogP contribution in [-0.4, -0.2) is 6.54 Å². The minimum Gasteiger partial charge on any atom is -0.385 e. The Bertz CT molecular complexity index is 259. The average molecular weight is 175 g/mol. The molecule has 0 saturated heterocycles. The van der Waals surface area contributed by atoms with Gasteiger partial charge in [-0.3, -0.25) is 0 Å². The maximum atomic E-state index is 3.27. The molecular formula is C12H17N. The second kappa shape index (κ2) is 5.41. The Morgan fingerprint density at radius 2 is 1.85 bits per heavy atom. The van der Waals surface area contributed by atoms with Gasteiger partial charge in [0.25, 0.3) is 0 Å². The minimum atomic E-state index is 0.976. The van der Waals surface area contributed by atoms with Gasteiger partial charge in [0, 0.05) is 12.2 Å². The summed E-state index contributed by atoms with van der Waals surface area (Å²) in [6, 6.07) is 8.48. The van der Waals surface area contributed by atoms with Crippen LogP contribution in [0.3, 0.4) is 0 Å². The number of hydrogen-bond acceptors (Lipinski definition) is 1. The van der Waals surface area contributed by atoms with E-state index in [1.54, 1.807) is 0 Å². The van der Waals surface area contributed by atoms with Crippen LogP contribution in [0.5, 0.6) is 0 Å². The first-order valence-corrected chi connectivity index (χ1v) is 4.87. The zero-order valence-electron chi connectivity index (χ0n) is 8.38. The van der Waals surface area contributed by atoms with Gasteiger partial charge in [0.05, 0.1) is 0 Å². The number of nitrogens with one attached hydrogen (secondary N) is 1. The molecule has 0 heterocycles. The monoisotopic (exact) mass is 175 g/mol. The first-order valence-electron chi connectivity index (χ1n) is 4.87. The van der Waals surface area contributed by atoms with Gasteiger partial charge in [-0.1, -0.05) is 31.2 Å². The van der Waals surface area contributed by atoms with Gasteiger partial charge in [-0.2, -0.15) is 0 Å². The fourth-order valence-electron chi connectivity index (χ4n) is 1.17. The molecule has 1 N–H and O–H groups in total. The first kappa shape index (κ1) is 9.85. The van der Waals surface area contributed by atoms with Crippen molar-refractivity contribution >= 4 is 11.8 Å². The van der Waals surface area contributed by atoms with Crippen molar-refractivity contribution in [2.75, 3.05) is 11.9 Å². The van der Waals surface area contributed by atoms with Crippen LogP contribution in [0.15, 0.2) is 30.3 Å². The van der Waals surface area contributed by atoms with Crippen molar-refractivity contribution in [2.45, 2.75) is 20.3 Å². The lowest BCUT2D eigenvalue weighted by Gasteiger charge is -2.02. The fraction of sp³-hybridized carbons (Fsp3) is 0.333. The minimum absolute atomic E-state index is 0.976. The molecule has 0 radical (unpaired) electrons. The quantitative estimate of drug-likeness (QED) is 0.738. The lowest BCUT2D eigenvalue weighted by atomic mass is 10.2. The molecule has 0 aromatic heterocycles. The van der Waals surface area contributed by atoms with Crippen molar-refractivity contribution in [1.82, 2.24) is 0 Å². The number of allylic oxidation sites excluding steroid dienone is 1. The molecule has 70 valence electrons. The predicted molar refractivity (Wildman–Crippen MR) is 59.9 cm³/mol. The summed E-state index contributed by atoms with van der Waals surface area (Å²) in [4.78, 5) is 0. The first-order chi connectivity index (χ1) is 6.36. The van der Waals surface area contributed by atoms with E-state index in [-0.39, 0.29) is 0 Å². The summed E-state index contributed by atoms with van der Waals surface area (Å²) in [5.74, 6) is 0. The average Bonchev–Trinajstić information content (AvgIpc) is 2.17. The molecule has 1 rings (SSSR count). The highest BCUT2D eigenvalue weighted by molar-refractivity contribution is 5.54. The predicted octanol–water partition coefficient (Wildman–Crippen LogP) is 3.54. The Kier molecular flexibility index (Phi) is 4.10. The Labute approximate surface area is 80.5 Å². The summed E-state index contributed by atoms with van der Waals surface area (Å²) in [5.41, 5.74) is 2.46. The molecular weight excluding hydrogens is 158 g/mol. The molecule has 1 nitrogen and oxygen atoms in total. The van der Waals surface area contributed by atoms with Crippen LogP contribution in [0.2, 0.25) is 0 Å². The summed E-state index contributed by atoms with van der Waals surface area (Å²) in [6.07, 6.45) is 5.41. The van der Waals surface area contributed by atoms with E-state index in [9.17, 15) is 0 Å². The zero-order valence-corrected chi connectivity index (χ0v) is 8.38. The van der Waals surface area contributed by atoms with Gasteiger partial charge >= 0.3 is 0 Å². The van der Waals surface area contributed by atoms with E-state index >= 15 is 0 Å². The van der Waals surface area contributed by atoms with Gasteiger partial charge in [-0.25, -0.2) is 0 Å². The zero-order chi connectivity index (χ0) is 9.52. The standard InChI is InChI=1S/C12H17N/c1-3-5-6-11-7-9-12(10-8-11)13-4-2/h5-10,13H,3-4H2,1-2H3/b6-5-. The van der Waals surface area contributed by atoms with E-state index in [1.807, 2.05) is 0 Å². The van der Waals surface area contributed by atoms with Crippen LogP contribution in [0.25, 0.3) is 6.08 Å². The van der Waals surface area contributed by atoms with Gasteiger partial charge in [0.1, 0.15) is 0 Å². The highest BCUT2D eigenvalue weighted by Crippen LogP contribution is 2.10. The molecule has 0 aliphatic rings. The van der Waals surface area contributed by atoms with Gasteiger partial charge < -0.3 is 5.32 Å². The van der Waals surface area contributed by atoms with Crippen LogP contribution >= 0.6 is 0 Å². The summed E-state index contributed by atoms with van der Waals surface area (Å²) in [6.45, 7) is 5.22. The Balaban J connectivity index is 2.64. The van der Waals surface area contributed by atoms with Crippen molar-refractivity contribution in [2.24, 2.45) is 0 Å². The Morgan fingerprint density at radius 3 is 2.38 bits per heavy atom. The summed E-state index contributed by atoms with van der Waals surface area (Å²) >= 11 is 0. The molecule has 0 unspecified atom stereocenters. The molecule has 0 bridgehead atoms. The molecule has 1 heteroatoms. The third-order valence-electron chi connectivity index (χ3n) is 1.84. The maximum absolute atomic E-state index is 3.27. The van der Waals surface area contributed by atoms with Gasteiger partial charge in [0.15, 0.2) is 0 Å². The maximum Gasteiger partial charge on any atom is 0.0340 e. The Morgan fingerprint density at radius 1 is 1.15 bits per heavy atom. The number of hydrogen-bond donors (Lipinski definition) is 1. The van der Waals surface area contributed by atoms with Crippen molar-refractivity contribution in [1.29, 1.82) is 0 Å². The van der Waals surface area contributed by atoms with Gasteiger partial charge in [0.2, 0.25) is 0 Å². The lowest BCUT2D eigenvalue weighted by molar-refractivity contribution is 1.21. The second-order valence-corrected chi connectivity index (χ2v) is 2.96. The fourth-order valence-corrected chi connectivity index (χ4v) is 1.17. The SMILES string of the molecule is CC/C=C\c1ccc(NCC)cc1. The molecule has 0 amide bonds. The smallest absolute Gasteiger partial charge is 0.0340 e. The van der Waals surface area contributed by atoms with E-state index < -0.39 is 0 Å². The molecule has 0 atom stereocenters. The summed E-state index contributed by atoms with van der Waals surface area (Å²) < 4.78 is 0. The van der Waals surface area contributed by atoms with E-state index in [1.165, 1.54) is 11.3 Å². The van der Waals surface area contributed by atoms with Crippen LogP contribution in [0.1, 0.15) is 25.8 Å². The second-order valence-electron chi connectivity index (χ2n) is 2.96. The van der Waals surface area contributed by atoms with Gasteiger partial charge in [-0.05, 0) is 31.0 Å². The normalized spacial score (nSPS) is 10.6. The molecule has 0 aliphatic carbocycles. The molecule has 0 saturated carbocycles. The van der Waals surface area contributed by atoms with Crippen molar-refractivity contribution in [3.63, 3.8) is 0 Å². The summed E-state index contributed by atoms with van der Waals surface area (Å²) in [5, 5.41) is 3.27. The van der Waals surface area contributed by atoms with Crippen LogP contribution in [0.4, 0.5) is 5.69 Å². The molecule has 0 aliphatic heterocycles.